The van der Waals surface area contributed by atoms with Gasteiger partial charge in [0.15, 0.2) is 11.2 Å². The van der Waals surface area contributed by atoms with Crippen LogP contribution in [0.2, 0.25) is 5.02 Å². The summed E-state index contributed by atoms with van der Waals surface area (Å²) in [6.07, 6.45) is 0. The molecule has 0 unspecified atom stereocenters. The molecular formula is C21H17ClN8O3. The summed E-state index contributed by atoms with van der Waals surface area (Å²) in [7, 11) is 2.99. The van der Waals surface area contributed by atoms with Crippen molar-refractivity contribution in [1.82, 2.24) is 39.3 Å². The number of fused-ring (bicyclic) bond motifs is 1. The molecule has 0 bridgehead atoms. The highest BCUT2D eigenvalue weighted by molar-refractivity contribution is 6.30. The van der Waals surface area contributed by atoms with Crippen LogP contribution in [0.5, 0.6) is 11.8 Å². The molecule has 12 heteroatoms. The predicted molar refractivity (Wildman–Crippen MR) is 120 cm³/mol. The summed E-state index contributed by atoms with van der Waals surface area (Å²) >= 11 is 6.01. The number of benzene rings is 2. The van der Waals surface area contributed by atoms with Gasteiger partial charge in [-0.25, -0.2) is 4.79 Å². The van der Waals surface area contributed by atoms with Crippen LogP contribution in [0.3, 0.4) is 0 Å². The van der Waals surface area contributed by atoms with Crippen LogP contribution in [0.4, 0.5) is 0 Å². The first kappa shape index (κ1) is 20.6. The maximum Gasteiger partial charge on any atom is 0.332 e. The van der Waals surface area contributed by atoms with E-state index >= 15 is 0 Å². The molecule has 0 aliphatic heterocycles. The fraction of sp³-hybridized carbons (Fsp3) is 0.143. The Morgan fingerprint density at radius 3 is 2.39 bits per heavy atom. The van der Waals surface area contributed by atoms with Gasteiger partial charge in [-0.15, -0.1) is 10.2 Å². The number of imidazole rings is 1. The Hall–Kier alpha value is -4.25. The Labute approximate surface area is 190 Å². The number of rotatable bonds is 5. The second-order valence-electron chi connectivity index (χ2n) is 7.35. The van der Waals surface area contributed by atoms with Gasteiger partial charge < -0.3 is 4.74 Å². The van der Waals surface area contributed by atoms with Gasteiger partial charge in [0.05, 0.1) is 6.54 Å². The van der Waals surface area contributed by atoms with Crippen LogP contribution in [-0.4, -0.2) is 39.3 Å². The van der Waals surface area contributed by atoms with Crippen molar-refractivity contribution in [2.75, 3.05) is 0 Å². The van der Waals surface area contributed by atoms with Crippen LogP contribution < -0.4 is 16.0 Å². The molecular weight excluding hydrogens is 448 g/mol. The minimum atomic E-state index is -0.473. The fourth-order valence-corrected chi connectivity index (χ4v) is 3.61. The van der Waals surface area contributed by atoms with E-state index in [9.17, 15) is 9.59 Å². The van der Waals surface area contributed by atoms with E-state index in [1.54, 1.807) is 48.0 Å². The van der Waals surface area contributed by atoms with Crippen LogP contribution >= 0.6 is 11.6 Å². The van der Waals surface area contributed by atoms with E-state index in [-0.39, 0.29) is 23.7 Å². The van der Waals surface area contributed by atoms with Crippen molar-refractivity contribution in [3.8, 4) is 23.1 Å². The highest BCUT2D eigenvalue weighted by Crippen LogP contribution is 2.27. The summed E-state index contributed by atoms with van der Waals surface area (Å²) in [6.45, 7) is 0.289. The number of aromatic nitrogens is 8. The zero-order valence-corrected chi connectivity index (χ0v) is 18.3. The van der Waals surface area contributed by atoms with Crippen molar-refractivity contribution in [3.05, 3.63) is 80.0 Å². The number of nitrogens with one attached hydrogen (secondary N) is 1. The second kappa shape index (κ2) is 8.02. The van der Waals surface area contributed by atoms with Crippen LogP contribution in [0.1, 0.15) is 5.56 Å². The van der Waals surface area contributed by atoms with Crippen molar-refractivity contribution in [2.24, 2.45) is 14.1 Å². The lowest BCUT2D eigenvalue weighted by atomic mass is 10.2. The van der Waals surface area contributed by atoms with Gasteiger partial charge in [0.25, 0.3) is 5.56 Å². The average Bonchev–Trinajstić information content (AvgIpc) is 3.47. The van der Waals surface area contributed by atoms with Gasteiger partial charge in [0.2, 0.25) is 5.82 Å². The standard InChI is InChI=1S/C21H17ClN8O3/c1-28-18-16(19(31)29(2)21(28)32)30(11-12-3-7-14(22)8-4-12)20(23-18)33-15-9-5-13(6-10-15)17-24-26-27-25-17/h3-10H,11H2,1-2H3,(H,24,25,26,27). The summed E-state index contributed by atoms with van der Waals surface area (Å²) in [5.74, 6) is 0.937. The van der Waals surface area contributed by atoms with Gasteiger partial charge in [-0.2, -0.15) is 10.2 Å². The number of aromatic amines is 1. The van der Waals surface area contributed by atoms with Gasteiger partial charge in [0, 0.05) is 24.7 Å². The van der Waals surface area contributed by atoms with Gasteiger partial charge in [-0.1, -0.05) is 23.7 Å². The summed E-state index contributed by atoms with van der Waals surface area (Å²) in [4.78, 5) is 29.9. The van der Waals surface area contributed by atoms with Crippen LogP contribution in [-0.2, 0) is 20.6 Å². The first-order valence-electron chi connectivity index (χ1n) is 9.85. The lowest BCUT2D eigenvalue weighted by Crippen LogP contribution is -2.37. The molecule has 0 saturated carbocycles. The Morgan fingerprint density at radius 1 is 1.00 bits per heavy atom. The largest absolute Gasteiger partial charge is 0.425 e. The van der Waals surface area contributed by atoms with Crippen molar-refractivity contribution in [2.45, 2.75) is 6.54 Å². The fourth-order valence-electron chi connectivity index (χ4n) is 3.49. The van der Waals surface area contributed by atoms with E-state index in [0.717, 1.165) is 15.7 Å². The highest BCUT2D eigenvalue weighted by atomic mass is 35.5. The molecule has 0 fully saturated rings. The topological polar surface area (TPSA) is 126 Å². The predicted octanol–water partition coefficient (Wildman–Crippen LogP) is 2.11. The number of hydrogen-bond donors (Lipinski definition) is 1. The van der Waals surface area contributed by atoms with Crippen LogP contribution in [0.15, 0.2) is 58.1 Å². The number of nitrogens with zero attached hydrogens (tertiary/aromatic N) is 7. The minimum Gasteiger partial charge on any atom is -0.425 e. The van der Waals surface area contributed by atoms with Crippen molar-refractivity contribution in [1.29, 1.82) is 0 Å². The molecule has 0 spiro atoms. The third kappa shape index (κ3) is 3.68. The van der Waals surface area contributed by atoms with E-state index in [1.807, 2.05) is 12.1 Å². The molecule has 0 aliphatic rings. The molecule has 0 saturated heterocycles. The number of halogens is 1. The molecule has 1 N–H and O–H groups in total. The van der Waals surface area contributed by atoms with Gasteiger partial charge in [-0.3, -0.25) is 18.5 Å². The Bertz CT molecular complexity index is 1570. The monoisotopic (exact) mass is 464 g/mol. The smallest absolute Gasteiger partial charge is 0.332 e. The molecule has 166 valence electrons. The van der Waals surface area contributed by atoms with E-state index in [4.69, 9.17) is 16.3 Å². The summed E-state index contributed by atoms with van der Waals surface area (Å²) in [5, 5.41) is 14.5. The number of aryl methyl sites for hydroxylation is 1. The average molecular weight is 465 g/mol. The Balaban J connectivity index is 1.62. The molecule has 2 aromatic carbocycles. The van der Waals surface area contributed by atoms with E-state index in [0.29, 0.717) is 16.6 Å². The van der Waals surface area contributed by atoms with Crippen molar-refractivity contribution >= 4 is 22.8 Å². The molecule has 33 heavy (non-hydrogen) atoms. The zero-order valence-electron chi connectivity index (χ0n) is 17.6. The van der Waals surface area contributed by atoms with E-state index in [2.05, 4.69) is 25.6 Å². The number of tetrazole rings is 1. The molecule has 3 heterocycles. The van der Waals surface area contributed by atoms with Crippen LogP contribution in [0, 0.1) is 0 Å². The lowest BCUT2D eigenvalue weighted by molar-refractivity contribution is 0.421. The highest BCUT2D eigenvalue weighted by Gasteiger charge is 2.21. The molecule has 0 amide bonds. The number of hydrogen-bond acceptors (Lipinski definition) is 7. The quantitative estimate of drug-likeness (QED) is 0.422. The van der Waals surface area contributed by atoms with Crippen molar-refractivity contribution in [3.63, 3.8) is 0 Å². The number of H-pyrrole nitrogens is 1. The molecule has 5 aromatic rings. The second-order valence-corrected chi connectivity index (χ2v) is 7.78. The molecule has 11 nitrogen and oxygen atoms in total. The van der Waals surface area contributed by atoms with Gasteiger partial charge in [0.1, 0.15) is 5.75 Å². The molecule has 5 rings (SSSR count). The van der Waals surface area contributed by atoms with E-state index in [1.165, 1.54) is 11.6 Å². The zero-order chi connectivity index (χ0) is 23.1. The molecule has 0 aliphatic carbocycles. The first-order chi connectivity index (χ1) is 15.9. The van der Waals surface area contributed by atoms with Crippen LogP contribution in [0.25, 0.3) is 22.6 Å². The SMILES string of the molecule is Cn1c(=O)c2c(nc(Oc3ccc(-c4nn[nH]n4)cc3)n2Cc2ccc(Cl)cc2)n(C)c1=O. The van der Waals surface area contributed by atoms with Gasteiger partial charge in [-0.05, 0) is 47.2 Å². The molecule has 0 atom stereocenters. The minimum absolute atomic E-state index is 0.172. The lowest BCUT2D eigenvalue weighted by Gasteiger charge is -2.10. The third-order valence-electron chi connectivity index (χ3n) is 5.23. The number of ether oxygens (including phenoxy) is 1. The maximum absolute atomic E-state index is 13.0. The van der Waals surface area contributed by atoms with E-state index < -0.39 is 11.2 Å². The Morgan fingerprint density at radius 2 is 1.73 bits per heavy atom. The molecule has 3 aromatic heterocycles. The molecule has 0 radical (unpaired) electrons. The third-order valence-corrected chi connectivity index (χ3v) is 5.49. The van der Waals surface area contributed by atoms with Gasteiger partial charge >= 0.3 is 11.7 Å². The summed E-state index contributed by atoms with van der Waals surface area (Å²) in [5.41, 5.74) is 1.19. The summed E-state index contributed by atoms with van der Waals surface area (Å²) in [6, 6.07) is 14.4. The van der Waals surface area contributed by atoms with Crippen molar-refractivity contribution < 1.29 is 4.74 Å². The Kier molecular flexibility index (Phi) is 5.02. The normalized spacial score (nSPS) is 11.2. The summed E-state index contributed by atoms with van der Waals surface area (Å²) < 4.78 is 10.1. The maximum atomic E-state index is 13.0. The first-order valence-corrected chi connectivity index (χ1v) is 10.2.